The lowest BCUT2D eigenvalue weighted by Crippen LogP contribution is -2.33. The summed E-state index contributed by atoms with van der Waals surface area (Å²) in [6, 6.07) is 10.3. The molecule has 0 fully saturated rings. The molecule has 2 N–H and O–H groups in total. The van der Waals surface area contributed by atoms with Gasteiger partial charge in [-0.25, -0.2) is 14.4 Å². The van der Waals surface area contributed by atoms with E-state index in [1.165, 1.54) is 24.5 Å². The fourth-order valence-corrected chi connectivity index (χ4v) is 4.62. The lowest BCUT2D eigenvalue weighted by molar-refractivity contribution is -0.840. The van der Waals surface area contributed by atoms with Crippen LogP contribution in [-0.2, 0) is 11.2 Å². The number of aryl methyl sites for hydroxylation is 1. The second kappa shape index (κ2) is 11.8. The summed E-state index contributed by atoms with van der Waals surface area (Å²) < 4.78 is 21.5. The molecule has 210 valence electrons. The number of carbonyl (C=O) groups excluding carboxylic acids is 1. The Labute approximate surface area is 233 Å². The topological polar surface area (TPSA) is 104 Å². The number of carbonyl (C=O) groups is 1. The predicted molar refractivity (Wildman–Crippen MR) is 157 cm³/mol. The van der Waals surface area contributed by atoms with Crippen LogP contribution in [0.4, 0.5) is 21.6 Å². The van der Waals surface area contributed by atoms with Gasteiger partial charge in [0, 0.05) is 46.9 Å². The van der Waals surface area contributed by atoms with Crippen LogP contribution in [0, 0.1) is 11.0 Å². The quantitative estimate of drug-likeness (QED) is 0.132. The van der Waals surface area contributed by atoms with Crippen LogP contribution in [0.3, 0.4) is 0 Å². The van der Waals surface area contributed by atoms with Gasteiger partial charge in [-0.2, -0.15) is 0 Å². The molecule has 2 aromatic heterocycles. The zero-order valence-corrected chi connectivity index (χ0v) is 23.5. The van der Waals surface area contributed by atoms with Gasteiger partial charge in [0.15, 0.2) is 0 Å². The average Bonchev–Trinajstić information content (AvgIpc) is 3.28. The molecule has 4 aromatic rings. The Bertz CT molecular complexity index is 1540. The molecule has 10 heteroatoms. The monoisotopic (exact) mass is 546 g/mol. The number of hydroxylamine groups is 3. The number of aromatic nitrogens is 3. The molecule has 9 nitrogen and oxygen atoms in total. The highest BCUT2D eigenvalue weighted by Crippen LogP contribution is 2.36. The number of fused-ring (bicyclic) bond motifs is 1. The molecule has 0 bridgehead atoms. The van der Waals surface area contributed by atoms with Crippen molar-refractivity contribution >= 4 is 34.0 Å². The van der Waals surface area contributed by atoms with E-state index in [4.69, 9.17) is 4.74 Å². The molecule has 0 aliphatic carbocycles. The van der Waals surface area contributed by atoms with Crippen molar-refractivity contribution in [3.8, 4) is 17.0 Å². The third-order valence-corrected chi connectivity index (χ3v) is 6.57. The SMILES string of the molecule is C=CC(=O)Nc1cc(Nc2cc(-c3cn(C(C)C)c4ccc(F)cc34)ncn2)c(OC)cc1CCC[N+](C)(C)[O-]. The Hall–Kier alpha value is -4.28. The fraction of sp³-hybridized carbons (Fsp3) is 0.300. The number of amides is 1. The molecule has 0 unspecified atom stereocenters. The molecular weight excluding hydrogens is 511 g/mol. The van der Waals surface area contributed by atoms with Crippen molar-refractivity contribution in [3.05, 3.63) is 78.2 Å². The molecule has 2 heterocycles. The summed E-state index contributed by atoms with van der Waals surface area (Å²) in [5.74, 6) is 0.361. The third-order valence-electron chi connectivity index (χ3n) is 6.57. The van der Waals surface area contributed by atoms with Gasteiger partial charge in [0.2, 0.25) is 5.91 Å². The van der Waals surface area contributed by atoms with Gasteiger partial charge in [0.1, 0.15) is 23.7 Å². The van der Waals surface area contributed by atoms with Gasteiger partial charge in [-0.05, 0) is 62.2 Å². The van der Waals surface area contributed by atoms with E-state index in [9.17, 15) is 14.4 Å². The number of quaternary nitrogens is 1. The Kier molecular flexibility index (Phi) is 8.51. The summed E-state index contributed by atoms with van der Waals surface area (Å²) in [5.41, 5.74) is 4.31. The fourth-order valence-electron chi connectivity index (χ4n) is 4.62. The molecule has 2 aromatic carbocycles. The molecular formula is C30H35FN6O3. The van der Waals surface area contributed by atoms with E-state index in [0.29, 0.717) is 48.0 Å². The summed E-state index contributed by atoms with van der Waals surface area (Å²) in [4.78, 5) is 21.0. The van der Waals surface area contributed by atoms with Crippen molar-refractivity contribution in [3.63, 3.8) is 0 Å². The van der Waals surface area contributed by atoms with Gasteiger partial charge in [-0.1, -0.05) is 6.58 Å². The summed E-state index contributed by atoms with van der Waals surface area (Å²) in [6.07, 6.45) is 5.82. The predicted octanol–water partition coefficient (Wildman–Crippen LogP) is 6.20. The van der Waals surface area contributed by atoms with Crippen LogP contribution in [-0.4, -0.2) is 52.8 Å². The number of benzene rings is 2. The molecule has 1 amide bonds. The van der Waals surface area contributed by atoms with Crippen LogP contribution in [0.25, 0.3) is 22.2 Å². The van der Waals surface area contributed by atoms with Crippen molar-refractivity contribution in [2.75, 3.05) is 38.4 Å². The number of hydrogen-bond donors (Lipinski definition) is 2. The van der Waals surface area contributed by atoms with Crippen LogP contribution in [0.15, 0.2) is 61.6 Å². The zero-order valence-electron chi connectivity index (χ0n) is 23.5. The molecule has 4 rings (SSSR count). The minimum absolute atomic E-state index is 0.173. The van der Waals surface area contributed by atoms with E-state index in [-0.39, 0.29) is 17.8 Å². The maximum Gasteiger partial charge on any atom is 0.247 e. The Balaban J connectivity index is 1.71. The van der Waals surface area contributed by atoms with E-state index in [1.54, 1.807) is 39.4 Å². The first-order chi connectivity index (χ1) is 19.0. The lowest BCUT2D eigenvalue weighted by atomic mass is 10.0. The first-order valence-electron chi connectivity index (χ1n) is 13.1. The lowest BCUT2D eigenvalue weighted by Gasteiger charge is -2.33. The second-order valence-electron chi connectivity index (χ2n) is 10.4. The smallest absolute Gasteiger partial charge is 0.247 e. The molecule has 0 aliphatic heterocycles. The molecule has 40 heavy (non-hydrogen) atoms. The number of nitrogens with zero attached hydrogens (tertiary/aromatic N) is 4. The van der Waals surface area contributed by atoms with Crippen molar-refractivity contribution in [2.45, 2.75) is 32.7 Å². The Morgan fingerprint density at radius 1 is 1.20 bits per heavy atom. The van der Waals surface area contributed by atoms with E-state index in [2.05, 4.69) is 45.6 Å². The normalized spacial score (nSPS) is 11.6. The summed E-state index contributed by atoms with van der Waals surface area (Å²) >= 11 is 0. The summed E-state index contributed by atoms with van der Waals surface area (Å²) in [5, 5.41) is 18.9. The van der Waals surface area contributed by atoms with Crippen LogP contribution in [0.2, 0.25) is 0 Å². The maximum absolute atomic E-state index is 14.2. The molecule has 0 saturated carbocycles. The first kappa shape index (κ1) is 28.7. The number of ether oxygens (including phenoxy) is 1. The average molecular weight is 547 g/mol. The van der Waals surface area contributed by atoms with Crippen molar-refractivity contribution in [2.24, 2.45) is 0 Å². The van der Waals surface area contributed by atoms with Crippen LogP contribution >= 0.6 is 0 Å². The van der Waals surface area contributed by atoms with Gasteiger partial charge in [0.25, 0.3) is 0 Å². The molecule has 0 saturated heterocycles. The number of rotatable bonds is 11. The summed E-state index contributed by atoms with van der Waals surface area (Å²) in [6.45, 7) is 8.11. The Morgan fingerprint density at radius 2 is 1.98 bits per heavy atom. The van der Waals surface area contributed by atoms with Crippen molar-refractivity contribution in [1.29, 1.82) is 0 Å². The van der Waals surface area contributed by atoms with Crippen molar-refractivity contribution in [1.82, 2.24) is 14.5 Å². The van der Waals surface area contributed by atoms with E-state index >= 15 is 0 Å². The van der Waals surface area contributed by atoms with Gasteiger partial charge < -0.3 is 29.8 Å². The minimum atomic E-state index is -0.399. The number of halogens is 1. The number of nitrogens with one attached hydrogen (secondary N) is 2. The molecule has 0 atom stereocenters. The minimum Gasteiger partial charge on any atom is -0.633 e. The van der Waals surface area contributed by atoms with Gasteiger partial charge in [0.05, 0.1) is 39.1 Å². The van der Waals surface area contributed by atoms with Crippen LogP contribution < -0.4 is 15.4 Å². The first-order valence-corrected chi connectivity index (χ1v) is 13.1. The zero-order chi connectivity index (χ0) is 29.0. The number of anilines is 3. The second-order valence-corrected chi connectivity index (χ2v) is 10.4. The highest BCUT2D eigenvalue weighted by molar-refractivity contribution is 6.00. The van der Waals surface area contributed by atoms with E-state index in [0.717, 1.165) is 22.0 Å². The maximum atomic E-state index is 14.2. The van der Waals surface area contributed by atoms with Crippen molar-refractivity contribution < 1.29 is 18.6 Å². The van der Waals surface area contributed by atoms with Crippen LogP contribution in [0.5, 0.6) is 5.75 Å². The standard InChI is InChI=1S/C30H35FN6O3/c1-7-30(38)35-24-15-26(28(40-6)13-20(24)9-8-12-37(4,5)39)34-29-16-25(32-18-33-29)23-17-36(19(2)3)27-11-10-21(31)14-22(23)27/h7,10-11,13-19H,1,8-9,12H2,2-6H3,(H,35,38)(H,32,33,34). The highest BCUT2D eigenvalue weighted by atomic mass is 19.1. The Morgan fingerprint density at radius 3 is 2.65 bits per heavy atom. The third kappa shape index (κ3) is 6.64. The number of hydrogen-bond acceptors (Lipinski definition) is 6. The van der Waals surface area contributed by atoms with Gasteiger partial charge >= 0.3 is 0 Å². The highest BCUT2D eigenvalue weighted by Gasteiger charge is 2.17. The molecule has 0 spiro atoms. The van der Waals surface area contributed by atoms with Gasteiger partial charge in [-0.15, -0.1) is 0 Å². The molecule has 0 radical (unpaired) electrons. The summed E-state index contributed by atoms with van der Waals surface area (Å²) in [7, 11) is 4.76. The van der Waals surface area contributed by atoms with E-state index in [1.807, 2.05) is 12.3 Å². The van der Waals surface area contributed by atoms with Gasteiger partial charge in [-0.3, -0.25) is 4.79 Å². The molecule has 0 aliphatic rings. The number of methoxy groups -OCH3 is 1. The largest absolute Gasteiger partial charge is 0.633 e. The van der Waals surface area contributed by atoms with Crippen LogP contribution in [0.1, 0.15) is 31.9 Å². The van der Waals surface area contributed by atoms with E-state index < -0.39 is 4.65 Å².